The van der Waals surface area contributed by atoms with E-state index in [4.69, 9.17) is 16.3 Å². The lowest BCUT2D eigenvalue weighted by molar-refractivity contribution is -0.120. The summed E-state index contributed by atoms with van der Waals surface area (Å²) in [6.07, 6.45) is 1.65. The molecule has 1 aliphatic rings. The van der Waals surface area contributed by atoms with Crippen LogP contribution >= 0.6 is 11.6 Å². The molecule has 0 bridgehead atoms. The maximum Gasteiger partial charge on any atom is 0.241 e. The van der Waals surface area contributed by atoms with Gasteiger partial charge in [-0.25, -0.2) is 8.42 Å². The van der Waals surface area contributed by atoms with Crippen molar-refractivity contribution in [2.24, 2.45) is 0 Å². The molecule has 0 aliphatic carbocycles. The third kappa shape index (κ3) is 5.22. The molecule has 1 aliphatic heterocycles. The van der Waals surface area contributed by atoms with Gasteiger partial charge in [-0.05, 0) is 56.7 Å². The van der Waals surface area contributed by atoms with Gasteiger partial charge in [0.1, 0.15) is 17.9 Å². The zero-order chi connectivity index (χ0) is 21.4. The van der Waals surface area contributed by atoms with E-state index < -0.39 is 15.6 Å². The lowest BCUT2D eigenvalue weighted by Gasteiger charge is -2.38. The van der Waals surface area contributed by atoms with Gasteiger partial charge in [0.25, 0.3) is 0 Å². The SMILES string of the molecule is Cc1ccc2c(c1)OC(C)(C)CC2NC(=O)CN(c1ccc(Cl)cc1)S(C)(=O)=O. The molecule has 1 N–H and O–H groups in total. The molecule has 1 atom stereocenters. The molecule has 0 saturated heterocycles. The summed E-state index contributed by atoms with van der Waals surface area (Å²) < 4.78 is 31.7. The highest BCUT2D eigenvalue weighted by molar-refractivity contribution is 7.92. The highest BCUT2D eigenvalue weighted by atomic mass is 35.5. The highest BCUT2D eigenvalue weighted by Crippen LogP contribution is 2.39. The van der Waals surface area contributed by atoms with Crippen molar-refractivity contribution in [3.8, 4) is 5.75 Å². The summed E-state index contributed by atoms with van der Waals surface area (Å²) in [5.74, 6) is 0.351. The van der Waals surface area contributed by atoms with Crippen LogP contribution in [0.15, 0.2) is 42.5 Å². The first kappa shape index (κ1) is 21.5. The molecule has 0 fully saturated rings. The zero-order valence-electron chi connectivity index (χ0n) is 16.9. The first-order valence-electron chi connectivity index (χ1n) is 9.27. The molecular formula is C21H25ClN2O4S. The Morgan fingerprint density at radius 3 is 2.52 bits per heavy atom. The molecule has 1 unspecified atom stereocenters. The van der Waals surface area contributed by atoms with E-state index in [1.54, 1.807) is 24.3 Å². The number of halogens is 1. The zero-order valence-corrected chi connectivity index (χ0v) is 18.5. The minimum absolute atomic E-state index is 0.270. The van der Waals surface area contributed by atoms with Crippen LogP contribution in [-0.2, 0) is 14.8 Å². The number of aryl methyl sites for hydroxylation is 1. The topological polar surface area (TPSA) is 75.7 Å². The van der Waals surface area contributed by atoms with Crippen LogP contribution in [0.2, 0.25) is 5.02 Å². The molecule has 1 amide bonds. The van der Waals surface area contributed by atoms with Gasteiger partial charge < -0.3 is 10.1 Å². The predicted octanol–water partition coefficient (Wildman–Crippen LogP) is 3.83. The molecule has 0 aromatic heterocycles. The number of fused-ring (bicyclic) bond motifs is 1. The van der Waals surface area contributed by atoms with Crippen molar-refractivity contribution in [2.75, 3.05) is 17.1 Å². The monoisotopic (exact) mass is 436 g/mol. The fourth-order valence-electron chi connectivity index (χ4n) is 3.47. The van der Waals surface area contributed by atoms with Crippen molar-refractivity contribution >= 4 is 33.2 Å². The summed E-state index contributed by atoms with van der Waals surface area (Å²) in [4.78, 5) is 12.8. The van der Waals surface area contributed by atoms with Crippen molar-refractivity contribution in [3.63, 3.8) is 0 Å². The average molecular weight is 437 g/mol. The lowest BCUT2D eigenvalue weighted by atomic mass is 9.89. The molecule has 1 heterocycles. The number of hydrogen-bond acceptors (Lipinski definition) is 4. The molecule has 156 valence electrons. The van der Waals surface area contributed by atoms with E-state index in [0.717, 1.165) is 27.4 Å². The second-order valence-corrected chi connectivity index (χ2v) is 10.3. The Labute approximate surface area is 176 Å². The van der Waals surface area contributed by atoms with E-state index in [2.05, 4.69) is 5.32 Å². The van der Waals surface area contributed by atoms with E-state index in [-0.39, 0.29) is 18.5 Å². The minimum Gasteiger partial charge on any atom is -0.487 e. The summed E-state index contributed by atoms with van der Waals surface area (Å²) in [7, 11) is -3.65. The number of nitrogens with one attached hydrogen (secondary N) is 1. The fraction of sp³-hybridized carbons (Fsp3) is 0.381. The molecule has 6 nitrogen and oxygen atoms in total. The third-order valence-corrected chi connectivity index (χ3v) is 6.16. The molecule has 29 heavy (non-hydrogen) atoms. The summed E-state index contributed by atoms with van der Waals surface area (Å²) >= 11 is 5.89. The Kier molecular flexibility index (Phi) is 5.83. The Morgan fingerprint density at radius 2 is 1.90 bits per heavy atom. The second kappa shape index (κ2) is 7.88. The maximum absolute atomic E-state index is 12.8. The smallest absolute Gasteiger partial charge is 0.241 e. The van der Waals surface area contributed by atoms with Gasteiger partial charge in [-0.2, -0.15) is 0 Å². The van der Waals surface area contributed by atoms with E-state index in [1.165, 1.54) is 0 Å². The van der Waals surface area contributed by atoms with Gasteiger partial charge in [-0.1, -0.05) is 23.7 Å². The normalized spacial score (nSPS) is 17.8. The number of sulfonamides is 1. The van der Waals surface area contributed by atoms with Crippen molar-refractivity contribution in [3.05, 3.63) is 58.6 Å². The molecule has 0 saturated carbocycles. The number of carbonyl (C=O) groups is 1. The van der Waals surface area contributed by atoms with Gasteiger partial charge in [-0.15, -0.1) is 0 Å². The Hall–Kier alpha value is -2.25. The van der Waals surface area contributed by atoms with Crippen LogP contribution in [0.3, 0.4) is 0 Å². The quantitative estimate of drug-likeness (QED) is 0.772. The van der Waals surface area contributed by atoms with Crippen LogP contribution in [0.4, 0.5) is 5.69 Å². The Morgan fingerprint density at radius 1 is 1.24 bits per heavy atom. The molecule has 0 spiro atoms. The predicted molar refractivity (Wildman–Crippen MR) is 115 cm³/mol. The largest absolute Gasteiger partial charge is 0.487 e. The summed E-state index contributed by atoms with van der Waals surface area (Å²) in [5.41, 5.74) is 1.89. The van der Waals surface area contributed by atoms with Gasteiger partial charge in [0.2, 0.25) is 15.9 Å². The van der Waals surface area contributed by atoms with Crippen molar-refractivity contribution < 1.29 is 17.9 Å². The number of benzene rings is 2. The first-order chi connectivity index (χ1) is 13.4. The van der Waals surface area contributed by atoms with Crippen LogP contribution in [0.25, 0.3) is 0 Å². The van der Waals surface area contributed by atoms with E-state index in [0.29, 0.717) is 17.1 Å². The summed E-state index contributed by atoms with van der Waals surface area (Å²) in [6.45, 7) is 5.59. The Bertz CT molecular complexity index is 1020. The standard InChI is InChI=1S/C21H25ClN2O4S/c1-14-5-10-17-18(12-21(2,3)28-19(17)11-14)23-20(25)13-24(29(4,26)27)16-8-6-15(22)7-9-16/h5-11,18H,12-13H2,1-4H3,(H,23,25). The van der Waals surface area contributed by atoms with Crippen LogP contribution < -0.4 is 14.4 Å². The molecule has 2 aromatic carbocycles. The third-order valence-electron chi connectivity index (χ3n) is 4.76. The fourth-order valence-corrected chi connectivity index (χ4v) is 4.45. The van der Waals surface area contributed by atoms with Gasteiger partial charge in [0, 0.05) is 17.0 Å². The highest BCUT2D eigenvalue weighted by Gasteiger charge is 2.35. The van der Waals surface area contributed by atoms with Gasteiger partial charge in [0.05, 0.1) is 18.0 Å². The molecule has 2 aromatic rings. The average Bonchev–Trinajstić information content (AvgIpc) is 2.58. The van der Waals surface area contributed by atoms with Crippen LogP contribution in [0, 0.1) is 6.92 Å². The van der Waals surface area contributed by atoms with Gasteiger partial charge in [0.15, 0.2) is 0 Å². The molecule has 3 rings (SSSR count). The first-order valence-corrected chi connectivity index (χ1v) is 11.5. The van der Waals surface area contributed by atoms with Crippen LogP contribution in [-0.4, -0.2) is 32.7 Å². The van der Waals surface area contributed by atoms with E-state index in [9.17, 15) is 13.2 Å². The number of anilines is 1. The van der Waals surface area contributed by atoms with E-state index in [1.807, 2.05) is 39.0 Å². The lowest BCUT2D eigenvalue weighted by Crippen LogP contribution is -2.45. The van der Waals surface area contributed by atoms with Crippen LogP contribution in [0.1, 0.15) is 37.4 Å². The van der Waals surface area contributed by atoms with E-state index >= 15 is 0 Å². The number of ether oxygens (including phenoxy) is 1. The summed E-state index contributed by atoms with van der Waals surface area (Å²) in [5, 5.41) is 3.47. The Balaban J connectivity index is 1.83. The minimum atomic E-state index is -3.65. The number of nitrogens with zero attached hydrogens (tertiary/aromatic N) is 1. The van der Waals surface area contributed by atoms with Crippen molar-refractivity contribution in [1.82, 2.24) is 5.32 Å². The van der Waals surface area contributed by atoms with Gasteiger partial charge in [-0.3, -0.25) is 9.10 Å². The molecular weight excluding hydrogens is 412 g/mol. The van der Waals surface area contributed by atoms with Crippen LogP contribution in [0.5, 0.6) is 5.75 Å². The summed E-state index contributed by atoms with van der Waals surface area (Å²) in [6, 6.07) is 11.9. The van der Waals surface area contributed by atoms with Crippen molar-refractivity contribution in [1.29, 1.82) is 0 Å². The van der Waals surface area contributed by atoms with Crippen molar-refractivity contribution in [2.45, 2.75) is 38.8 Å². The molecule has 8 heteroatoms. The number of hydrogen-bond donors (Lipinski definition) is 1. The second-order valence-electron chi connectivity index (χ2n) is 7.97. The number of amides is 1. The van der Waals surface area contributed by atoms with Gasteiger partial charge >= 0.3 is 0 Å². The maximum atomic E-state index is 12.8. The number of rotatable bonds is 5. The molecule has 0 radical (unpaired) electrons. The number of carbonyl (C=O) groups excluding carboxylic acids is 1.